The number of hydrogen-bond acceptors (Lipinski definition) is 2. The van der Waals surface area contributed by atoms with E-state index in [0.717, 1.165) is 22.3 Å². The molecule has 2 rings (SSSR count). The summed E-state index contributed by atoms with van der Waals surface area (Å²) in [5.74, 6) is -0.247. The van der Waals surface area contributed by atoms with Gasteiger partial charge in [-0.05, 0) is 57.4 Å². The summed E-state index contributed by atoms with van der Waals surface area (Å²) < 4.78 is 0. The van der Waals surface area contributed by atoms with Crippen LogP contribution < -0.4 is 16.0 Å². The number of hydrogen-bond donors (Lipinski definition) is 3. The van der Waals surface area contributed by atoms with Gasteiger partial charge in [0.15, 0.2) is 0 Å². The van der Waals surface area contributed by atoms with Crippen molar-refractivity contribution in [1.29, 1.82) is 0 Å². The third-order valence-corrected chi connectivity index (χ3v) is 4.60. The topological polar surface area (TPSA) is 70.2 Å². The molecule has 0 fully saturated rings. The monoisotopic (exact) mass is 393 g/mol. The van der Waals surface area contributed by atoms with Gasteiger partial charge in [-0.1, -0.05) is 60.7 Å². The molecule has 0 saturated heterocycles. The van der Waals surface area contributed by atoms with Crippen molar-refractivity contribution >= 4 is 17.5 Å². The molecule has 0 unspecified atom stereocenters. The van der Waals surface area contributed by atoms with E-state index in [2.05, 4.69) is 22.5 Å². The number of carbonyl (C=O) groups excluding carboxylic acids is 2. The first-order valence-corrected chi connectivity index (χ1v) is 9.80. The maximum atomic E-state index is 12.8. The van der Waals surface area contributed by atoms with Crippen molar-refractivity contribution in [3.8, 4) is 0 Å². The molecule has 5 heteroatoms. The van der Waals surface area contributed by atoms with E-state index < -0.39 is 17.6 Å². The van der Waals surface area contributed by atoms with Crippen LogP contribution in [0.2, 0.25) is 0 Å². The van der Waals surface area contributed by atoms with Crippen molar-refractivity contribution in [2.24, 2.45) is 0 Å². The highest BCUT2D eigenvalue weighted by Crippen LogP contribution is 2.24. The number of allylic oxidation sites excluding steroid dienone is 1. The lowest BCUT2D eigenvalue weighted by molar-refractivity contribution is -0.123. The van der Waals surface area contributed by atoms with Crippen LogP contribution in [0.3, 0.4) is 0 Å². The molecule has 0 heterocycles. The van der Waals surface area contributed by atoms with Gasteiger partial charge in [0.05, 0.1) is 5.54 Å². The molecule has 0 aliphatic rings. The molecule has 29 heavy (non-hydrogen) atoms. The molecule has 0 aliphatic heterocycles. The minimum Gasteiger partial charge on any atom is -0.352 e. The Morgan fingerprint density at radius 1 is 0.966 bits per heavy atom. The van der Waals surface area contributed by atoms with Crippen molar-refractivity contribution in [1.82, 2.24) is 16.0 Å². The fourth-order valence-electron chi connectivity index (χ4n) is 3.01. The Morgan fingerprint density at radius 3 is 2.21 bits per heavy atom. The fraction of sp³-hybridized carbons (Fsp3) is 0.333. The van der Waals surface area contributed by atoms with E-state index in [-0.39, 0.29) is 11.9 Å². The second-order valence-electron chi connectivity index (χ2n) is 8.09. The molecular formula is C24H31N3O2. The SMILES string of the molecule is C=C(C)c1cccc(C(C)(C)NC(=O)N[C@H](C(=O)NC(C)C)c2ccccc2)c1. The largest absolute Gasteiger partial charge is 0.352 e. The van der Waals surface area contributed by atoms with Gasteiger partial charge < -0.3 is 16.0 Å². The maximum absolute atomic E-state index is 12.8. The first-order chi connectivity index (χ1) is 13.6. The molecule has 154 valence electrons. The summed E-state index contributed by atoms with van der Waals surface area (Å²) in [6.45, 7) is 13.6. The molecule has 1 atom stereocenters. The quantitative estimate of drug-likeness (QED) is 0.647. The molecule has 0 radical (unpaired) electrons. The van der Waals surface area contributed by atoms with E-state index in [0.29, 0.717) is 0 Å². The van der Waals surface area contributed by atoms with E-state index in [1.165, 1.54) is 0 Å². The van der Waals surface area contributed by atoms with Crippen LogP contribution in [0.15, 0.2) is 61.2 Å². The Kier molecular flexibility index (Phi) is 7.21. The van der Waals surface area contributed by atoms with Crippen LogP contribution in [-0.4, -0.2) is 18.0 Å². The second-order valence-corrected chi connectivity index (χ2v) is 8.09. The molecule has 3 N–H and O–H groups in total. The van der Waals surface area contributed by atoms with Crippen molar-refractivity contribution in [2.45, 2.75) is 52.2 Å². The molecular weight excluding hydrogens is 362 g/mol. The zero-order chi connectivity index (χ0) is 21.6. The summed E-state index contributed by atoms with van der Waals surface area (Å²) in [6, 6.07) is 15.9. The number of nitrogens with one attached hydrogen (secondary N) is 3. The van der Waals surface area contributed by atoms with Crippen molar-refractivity contribution < 1.29 is 9.59 Å². The molecule has 0 aliphatic carbocycles. The Morgan fingerprint density at radius 2 is 1.62 bits per heavy atom. The van der Waals surface area contributed by atoms with Crippen LogP contribution in [0.1, 0.15) is 57.4 Å². The minimum atomic E-state index is -0.781. The van der Waals surface area contributed by atoms with E-state index in [9.17, 15) is 9.59 Å². The van der Waals surface area contributed by atoms with Crippen molar-refractivity contribution in [3.63, 3.8) is 0 Å². The Bertz CT molecular complexity index is 873. The lowest BCUT2D eigenvalue weighted by Crippen LogP contribution is -2.50. The third-order valence-electron chi connectivity index (χ3n) is 4.60. The Hall–Kier alpha value is -3.08. The van der Waals surface area contributed by atoms with Crippen LogP contribution in [-0.2, 0) is 10.3 Å². The average Bonchev–Trinajstić information content (AvgIpc) is 2.66. The summed E-state index contributed by atoms with van der Waals surface area (Å²) in [4.78, 5) is 25.5. The van der Waals surface area contributed by atoms with Gasteiger partial charge in [0, 0.05) is 6.04 Å². The predicted octanol–water partition coefficient (Wildman–Crippen LogP) is 4.52. The number of rotatable bonds is 7. The predicted molar refractivity (Wildman–Crippen MR) is 118 cm³/mol. The highest BCUT2D eigenvalue weighted by molar-refractivity contribution is 5.88. The van der Waals surface area contributed by atoms with E-state index in [4.69, 9.17) is 0 Å². The number of benzene rings is 2. The van der Waals surface area contributed by atoms with Crippen LogP contribution in [0.5, 0.6) is 0 Å². The summed E-state index contributed by atoms with van der Waals surface area (Å²) in [5.41, 5.74) is 3.03. The standard InChI is InChI=1S/C24H31N3O2/c1-16(2)19-13-10-14-20(15-19)24(5,6)27-23(29)26-21(22(28)25-17(3)4)18-11-8-7-9-12-18/h7-15,17,21H,1H2,2-6H3,(H,25,28)(H2,26,27,29)/t21-/m0/s1. The fourth-order valence-corrected chi connectivity index (χ4v) is 3.01. The van der Waals surface area contributed by atoms with Gasteiger partial charge in [-0.25, -0.2) is 4.79 Å². The molecule has 0 bridgehead atoms. The summed E-state index contributed by atoms with van der Waals surface area (Å²) in [6.07, 6.45) is 0. The van der Waals surface area contributed by atoms with Crippen LogP contribution in [0.4, 0.5) is 4.79 Å². The highest BCUT2D eigenvalue weighted by atomic mass is 16.2. The molecule has 2 aromatic rings. The zero-order valence-corrected chi connectivity index (χ0v) is 17.9. The van der Waals surface area contributed by atoms with Crippen molar-refractivity contribution in [2.75, 3.05) is 0 Å². The van der Waals surface area contributed by atoms with Gasteiger partial charge in [-0.2, -0.15) is 0 Å². The summed E-state index contributed by atoms with van der Waals surface area (Å²) in [7, 11) is 0. The molecule has 0 aromatic heterocycles. The maximum Gasteiger partial charge on any atom is 0.316 e. The number of amides is 3. The number of urea groups is 1. The molecule has 3 amide bonds. The Labute approximate surface area is 173 Å². The van der Waals surface area contributed by atoms with Crippen LogP contribution in [0.25, 0.3) is 5.57 Å². The minimum absolute atomic E-state index is 0.0279. The van der Waals surface area contributed by atoms with E-state index in [1.54, 1.807) is 0 Å². The Balaban J connectivity index is 2.19. The molecule has 0 saturated carbocycles. The lowest BCUT2D eigenvalue weighted by atomic mass is 9.92. The van der Waals surface area contributed by atoms with Gasteiger partial charge in [-0.15, -0.1) is 0 Å². The smallest absolute Gasteiger partial charge is 0.316 e. The zero-order valence-electron chi connectivity index (χ0n) is 17.9. The first kappa shape index (κ1) is 22.2. The van der Waals surface area contributed by atoms with Gasteiger partial charge in [0.2, 0.25) is 5.91 Å². The molecule has 2 aromatic carbocycles. The third kappa shape index (κ3) is 6.21. The van der Waals surface area contributed by atoms with Crippen LogP contribution >= 0.6 is 0 Å². The number of carbonyl (C=O) groups is 2. The second kappa shape index (κ2) is 9.41. The van der Waals surface area contributed by atoms with Gasteiger partial charge in [0.1, 0.15) is 6.04 Å². The van der Waals surface area contributed by atoms with Gasteiger partial charge in [-0.3, -0.25) is 4.79 Å². The van der Waals surface area contributed by atoms with E-state index in [1.807, 2.05) is 89.2 Å². The summed E-state index contributed by atoms with van der Waals surface area (Å²) in [5, 5.41) is 8.68. The average molecular weight is 394 g/mol. The van der Waals surface area contributed by atoms with Gasteiger partial charge >= 0.3 is 6.03 Å². The molecule has 5 nitrogen and oxygen atoms in total. The van der Waals surface area contributed by atoms with Gasteiger partial charge in [0.25, 0.3) is 0 Å². The van der Waals surface area contributed by atoms with Crippen molar-refractivity contribution in [3.05, 3.63) is 77.9 Å². The molecule has 0 spiro atoms. The highest BCUT2D eigenvalue weighted by Gasteiger charge is 2.27. The lowest BCUT2D eigenvalue weighted by Gasteiger charge is -2.29. The first-order valence-electron chi connectivity index (χ1n) is 9.80. The van der Waals surface area contributed by atoms with Crippen LogP contribution in [0, 0.1) is 0 Å². The normalized spacial score (nSPS) is 12.2. The summed E-state index contributed by atoms with van der Waals surface area (Å²) >= 11 is 0. The van der Waals surface area contributed by atoms with E-state index >= 15 is 0 Å².